The van der Waals surface area contributed by atoms with Crippen LogP contribution >= 0.6 is 0 Å². The molecule has 0 bridgehead atoms. The lowest BCUT2D eigenvalue weighted by Crippen LogP contribution is -2.05. The van der Waals surface area contributed by atoms with Crippen molar-refractivity contribution in [3.05, 3.63) is 107 Å². The maximum absolute atomic E-state index is 14.2. The molecule has 0 unspecified atom stereocenters. The Hall–Kier alpha value is -2.45. The first-order valence-electron chi connectivity index (χ1n) is 7.70. The molecule has 0 radical (unpaired) electrons. The summed E-state index contributed by atoms with van der Waals surface area (Å²) in [5, 5.41) is 2.75. The highest BCUT2D eigenvalue weighted by Gasteiger charge is 2.19. The Labute approximate surface area is 137 Å². The minimum absolute atomic E-state index is 0.0707. The van der Waals surface area contributed by atoms with Crippen LogP contribution in [-0.4, -0.2) is 14.1 Å². The third-order valence-electron chi connectivity index (χ3n) is 3.48. The van der Waals surface area contributed by atoms with Gasteiger partial charge in [0.15, 0.2) is 0 Å². The molecule has 0 saturated heterocycles. The van der Waals surface area contributed by atoms with Gasteiger partial charge in [0.2, 0.25) is 0 Å². The average Bonchev–Trinajstić information content (AvgIpc) is 2.60. The predicted octanol–water partition coefficient (Wildman–Crippen LogP) is 4.84. The van der Waals surface area contributed by atoms with Crippen molar-refractivity contribution < 1.29 is 4.39 Å². The normalized spacial score (nSPS) is 10.1. The van der Waals surface area contributed by atoms with E-state index < -0.39 is 0 Å². The smallest absolute Gasteiger partial charge is 0.127 e. The van der Waals surface area contributed by atoms with Gasteiger partial charge in [-0.1, -0.05) is 78.9 Å². The Bertz CT molecular complexity index is 656. The first kappa shape index (κ1) is 16.9. The van der Waals surface area contributed by atoms with E-state index in [0.717, 1.165) is 11.1 Å². The quantitative estimate of drug-likeness (QED) is 0.683. The summed E-state index contributed by atoms with van der Waals surface area (Å²) in [4.78, 5) is 0. The van der Waals surface area contributed by atoms with Crippen molar-refractivity contribution in [2.45, 2.75) is 5.92 Å². The van der Waals surface area contributed by atoms with Gasteiger partial charge in [0, 0.05) is 5.92 Å². The second kappa shape index (κ2) is 8.86. The van der Waals surface area contributed by atoms with E-state index in [-0.39, 0.29) is 11.7 Å². The molecule has 1 nitrogen and oxygen atoms in total. The molecule has 0 heterocycles. The van der Waals surface area contributed by atoms with E-state index in [0.29, 0.717) is 5.56 Å². The summed E-state index contributed by atoms with van der Waals surface area (Å²) in [6, 6.07) is 27.1. The molecule has 2 heteroatoms. The highest BCUT2D eigenvalue weighted by Crippen LogP contribution is 2.32. The van der Waals surface area contributed by atoms with Gasteiger partial charge in [-0.3, -0.25) is 0 Å². The van der Waals surface area contributed by atoms with Crippen molar-refractivity contribution in [1.82, 2.24) is 5.32 Å². The molecule has 0 spiro atoms. The van der Waals surface area contributed by atoms with Crippen molar-refractivity contribution in [2.24, 2.45) is 0 Å². The summed E-state index contributed by atoms with van der Waals surface area (Å²) in [7, 11) is 3.75. The molecule has 0 aromatic heterocycles. The highest BCUT2D eigenvalue weighted by molar-refractivity contribution is 5.43. The van der Waals surface area contributed by atoms with Crippen LogP contribution in [0.3, 0.4) is 0 Å². The fourth-order valence-electron chi connectivity index (χ4n) is 2.55. The lowest BCUT2D eigenvalue weighted by atomic mass is 9.85. The predicted molar refractivity (Wildman–Crippen MR) is 95.2 cm³/mol. The molecule has 3 aromatic carbocycles. The third kappa shape index (κ3) is 4.51. The van der Waals surface area contributed by atoms with Crippen LogP contribution in [0.5, 0.6) is 0 Å². The van der Waals surface area contributed by atoms with Gasteiger partial charge in [0.1, 0.15) is 5.82 Å². The van der Waals surface area contributed by atoms with Gasteiger partial charge in [-0.2, -0.15) is 0 Å². The molecule has 0 aliphatic carbocycles. The molecule has 118 valence electrons. The van der Waals surface area contributed by atoms with Crippen LogP contribution < -0.4 is 5.32 Å². The number of halogens is 1. The number of nitrogens with one attached hydrogen (secondary N) is 1. The molecule has 0 aliphatic rings. The molecule has 23 heavy (non-hydrogen) atoms. The maximum atomic E-state index is 14.2. The van der Waals surface area contributed by atoms with Gasteiger partial charge in [-0.05, 0) is 36.9 Å². The standard InChI is InChI=1S/C19H15F.C2H7N/c20-18-14-8-7-13-17(18)19(15-9-3-1-4-10-15)16-11-5-2-6-12-16;1-3-2/h1-14,19H;3H,1-2H3. The van der Waals surface area contributed by atoms with Crippen LogP contribution in [0, 0.1) is 5.82 Å². The monoisotopic (exact) mass is 307 g/mol. The van der Waals surface area contributed by atoms with Gasteiger partial charge in [0.05, 0.1) is 0 Å². The van der Waals surface area contributed by atoms with Crippen molar-refractivity contribution in [2.75, 3.05) is 14.1 Å². The van der Waals surface area contributed by atoms with E-state index in [1.165, 1.54) is 6.07 Å². The van der Waals surface area contributed by atoms with E-state index in [4.69, 9.17) is 0 Å². The molecule has 0 saturated carbocycles. The number of rotatable bonds is 3. The Morgan fingerprint density at radius 1 is 0.652 bits per heavy atom. The third-order valence-corrected chi connectivity index (χ3v) is 3.48. The molecular weight excluding hydrogens is 285 g/mol. The van der Waals surface area contributed by atoms with Gasteiger partial charge in [0.25, 0.3) is 0 Å². The Morgan fingerprint density at radius 3 is 1.48 bits per heavy atom. The van der Waals surface area contributed by atoms with Gasteiger partial charge >= 0.3 is 0 Å². The van der Waals surface area contributed by atoms with Crippen molar-refractivity contribution in [3.8, 4) is 0 Å². The number of hydrogen-bond donors (Lipinski definition) is 1. The SMILES string of the molecule is CNC.Fc1ccccc1C(c1ccccc1)c1ccccc1. The van der Waals surface area contributed by atoms with Gasteiger partial charge in [-0.15, -0.1) is 0 Å². The zero-order chi connectivity index (χ0) is 16.5. The minimum atomic E-state index is -0.162. The average molecular weight is 307 g/mol. The topological polar surface area (TPSA) is 12.0 Å². The molecule has 0 atom stereocenters. The van der Waals surface area contributed by atoms with Gasteiger partial charge < -0.3 is 5.32 Å². The van der Waals surface area contributed by atoms with E-state index in [2.05, 4.69) is 5.32 Å². The molecular formula is C21H22FN. The first-order chi connectivity index (χ1) is 11.3. The number of hydrogen-bond acceptors (Lipinski definition) is 1. The second-order valence-corrected chi connectivity index (χ2v) is 5.28. The largest absolute Gasteiger partial charge is 0.323 e. The van der Waals surface area contributed by atoms with Crippen molar-refractivity contribution >= 4 is 0 Å². The van der Waals surface area contributed by atoms with E-state index in [1.807, 2.05) is 86.9 Å². The summed E-state index contributed by atoms with van der Waals surface area (Å²) >= 11 is 0. The van der Waals surface area contributed by atoms with E-state index in [1.54, 1.807) is 6.07 Å². The van der Waals surface area contributed by atoms with E-state index >= 15 is 0 Å². The Morgan fingerprint density at radius 2 is 1.04 bits per heavy atom. The molecule has 0 amide bonds. The van der Waals surface area contributed by atoms with Gasteiger partial charge in [-0.25, -0.2) is 4.39 Å². The molecule has 0 aliphatic heterocycles. The lowest BCUT2D eigenvalue weighted by Gasteiger charge is -2.19. The molecule has 0 fully saturated rings. The maximum Gasteiger partial charge on any atom is 0.127 e. The fraction of sp³-hybridized carbons (Fsp3) is 0.143. The Balaban J connectivity index is 0.000000595. The van der Waals surface area contributed by atoms with Crippen LogP contribution in [0.1, 0.15) is 22.6 Å². The van der Waals surface area contributed by atoms with Crippen LogP contribution in [0.4, 0.5) is 4.39 Å². The van der Waals surface area contributed by atoms with Crippen molar-refractivity contribution in [3.63, 3.8) is 0 Å². The van der Waals surface area contributed by atoms with E-state index in [9.17, 15) is 4.39 Å². The number of benzene rings is 3. The zero-order valence-corrected chi connectivity index (χ0v) is 13.5. The zero-order valence-electron chi connectivity index (χ0n) is 13.5. The molecule has 3 aromatic rings. The Kier molecular flexibility index (Phi) is 6.52. The summed E-state index contributed by atoms with van der Waals surface area (Å²) in [5.41, 5.74) is 2.91. The molecule has 1 N–H and O–H groups in total. The van der Waals surface area contributed by atoms with Crippen LogP contribution in [-0.2, 0) is 0 Å². The summed E-state index contributed by atoms with van der Waals surface area (Å²) in [6.07, 6.45) is 0. The fourth-order valence-corrected chi connectivity index (χ4v) is 2.55. The summed E-state index contributed by atoms with van der Waals surface area (Å²) in [5.74, 6) is -0.233. The lowest BCUT2D eigenvalue weighted by molar-refractivity contribution is 0.606. The summed E-state index contributed by atoms with van der Waals surface area (Å²) < 4.78 is 14.2. The van der Waals surface area contributed by atoms with Crippen molar-refractivity contribution in [1.29, 1.82) is 0 Å². The van der Waals surface area contributed by atoms with Crippen LogP contribution in [0.15, 0.2) is 84.9 Å². The van der Waals surface area contributed by atoms with Crippen LogP contribution in [0.2, 0.25) is 0 Å². The highest BCUT2D eigenvalue weighted by atomic mass is 19.1. The minimum Gasteiger partial charge on any atom is -0.323 e. The summed E-state index contributed by atoms with van der Waals surface area (Å²) in [6.45, 7) is 0. The van der Waals surface area contributed by atoms with Crippen LogP contribution in [0.25, 0.3) is 0 Å². The first-order valence-corrected chi connectivity index (χ1v) is 7.70. The second-order valence-electron chi connectivity index (χ2n) is 5.28. The molecule has 3 rings (SSSR count).